The van der Waals surface area contributed by atoms with Gasteiger partial charge in [-0.15, -0.1) is 0 Å². The van der Waals surface area contributed by atoms with Gasteiger partial charge in [0.2, 0.25) is 0 Å². The lowest BCUT2D eigenvalue weighted by Crippen LogP contribution is -2.06. The van der Waals surface area contributed by atoms with Gasteiger partial charge in [-0.05, 0) is 48.0 Å². The van der Waals surface area contributed by atoms with Crippen molar-refractivity contribution in [1.82, 2.24) is 5.32 Å². The molecule has 110 valence electrons. The molecule has 4 heteroatoms. The number of ether oxygens (including phenoxy) is 2. The Morgan fingerprint density at radius 2 is 1.86 bits per heavy atom. The molecule has 1 N–H and O–H groups in total. The molecule has 0 atom stereocenters. The van der Waals surface area contributed by atoms with Crippen molar-refractivity contribution in [2.75, 3.05) is 20.3 Å². The van der Waals surface area contributed by atoms with Crippen LogP contribution in [0.3, 0.4) is 0 Å². The zero-order chi connectivity index (χ0) is 14.7. The summed E-state index contributed by atoms with van der Waals surface area (Å²) in [4.78, 5) is 0. The fourth-order valence-electron chi connectivity index (χ4n) is 2.51. The lowest BCUT2D eigenvalue weighted by atomic mass is 9.99. The number of fused-ring (bicyclic) bond motifs is 1. The zero-order valence-corrected chi connectivity index (χ0v) is 12.7. The first-order valence-corrected chi connectivity index (χ1v) is 7.49. The van der Waals surface area contributed by atoms with Crippen molar-refractivity contribution in [1.29, 1.82) is 0 Å². The molecule has 3 nitrogen and oxygen atoms in total. The minimum atomic E-state index is 0.695. The van der Waals surface area contributed by atoms with Crippen molar-refractivity contribution >= 4 is 11.6 Å². The first kappa shape index (κ1) is 14.2. The Bertz CT molecular complexity index is 643. The molecule has 2 aromatic rings. The smallest absolute Gasteiger partial charge is 0.161 e. The average molecular weight is 304 g/mol. The Morgan fingerprint density at radius 3 is 2.67 bits per heavy atom. The van der Waals surface area contributed by atoms with Crippen molar-refractivity contribution in [2.45, 2.75) is 13.0 Å². The maximum Gasteiger partial charge on any atom is 0.161 e. The third-order valence-corrected chi connectivity index (χ3v) is 3.73. The summed E-state index contributed by atoms with van der Waals surface area (Å²) in [6.07, 6.45) is 0.913. The predicted octanol–water partition coefficient (Wildman–Crippen LogP) is 3.89. The molecule has 21 heavy (non-hydrogen) atoms. The number of benzene rings is 2. The fourth-order valence-corrected chi connectivity index (χ4v) is 2.71. The van der Waals surface area contributed by atoms with Gasteiger partial charge in [0.25, 0.3) is 0 Å². The van der Waals surface area contributed by atoms with Gasteiger partial charge >= 0.3 is 0 Å². The van der Waals surface area contributed by atoms with Gasteiger partial charge in [0, 0.05) is 18.0 Å². The van der Waals surface area contributed by atoms with Crippen molar-refractivity contribution < 1.29 is 9.47 Å². The number of hydrogen-bond acceptors (Lipinski definition) is 3. The minimum Gasteiger partial charge on any atom is -0.490 e. The highest BCUT2D eigenvalue weighted by Gasteiger charge is 2.13. The molecule has 0 saturated heterocycles. The summed E-state index contributed by atoms with van der Waals surface area (Å²) >= 11 is 6.10. The van der Waals surface area contributed by atoms with Gasteiger partial charge in [-0.25, -0.2) is 0 Å². The zero-order valence-electron chi connectivity index (χ0n) is 12.0. The van der Waals surface area contributed by atoms with E-state index < -0.39 is 0 Å². The molecule has 0 bridgehead atoms. The second kappa shape index (κ2) is 6.37. The molecule has 0 fully saturated rings. The van der Waals surface area contributed by atoms with Gasteiger partial charge in [0.15, 0.2) is 11.5 Å². The monoisotopic (exact) mass is 303 g/mol. The topological polar surface area (TPSA) is 30.5 Å². The molecular weight excluding hydrogens is 286 g/mol. The quantitative estimate of drug-likeness (QED) is 0.933. The molecule has 1 aliphatic rings. The van der Waals surface area contributed by atoms with E-state index in [9.17, 15) is 0 Å². The lowest BCUT2D eigenvalue weighted by molar-refractivity contribution is 0.297. The molecule has 0 aromatic heterocycles. The summed E-state index contributed by atoms with van der Waals surface area (Å²) in [5.74, 6) is 1.63. The van der Waals surface area contributed by atoms with E-state index >= 15 is 0 Å². The Morgan fingerprint density at radius 1 is 1.05 bits per heavy atom. The maximum atomic E-state index is 6.10. The fraction of sp³-hybridized carbons (Fsp3) is 0.294. The number of halogens is 1. The lowest BCUT2D eigenvalue weighted by Gasteiger charge is -2.13. The van der Waals surface area contributed by atoms with E-state index in [1.165, 1.54) is 5.56 Å². The average Bonchev–Trinajstić information content (AvgIpc) is 2.72. The van der Waals surface area contributed by atoms with E-state index in [0.717, 1.165) is 40.6 Å². The van der Waals surface area contributed by atoms with Crippen LogP contribution in [0.5, 0.6) is 11.5 Å². The van der Waals surface area contributed by atoms with E-state index in [-0.39, 0.29) is 0 Å². The summed E-state index contributed by atoms with van der Waals surface area (Å²) in [5.41, 5.74) is 3.44. The van der Waals surface area contributed by atoms with Gasteiger partial charge in [0.1, 0.15) is 0 Å². The van der Waals surface area contributed by atoms with Crippen molar-refractivity contribution in [3.63, 3.8) is 0 Å². The molecule has 0 radical (unpaired) electrons. The summed E-state index contributed by atoms with van der Waals surface area (Å²) in [6, 6.07) is 12.1. The van der Waals surface area contributed by atoms with Crippen LogP contribution in [0, 0.1) is 0 Å². The molecule has 1 aliphatic heterocycles. The maximum absolute atomic E-state index is 6.10. The van der Waals surface area contributed by atoms with Crippen LogP contribution in [-0.4, -0.2) is 20.3 Å². The Hall–Kier alpha value is -1.71. The first-order valence-electron chi connectivity index (χ1n) is 7.11. The number of nitrogens with one attached hydrogen (secondary N) is 1. The highest BCUT2D eigenvalue weighted by molar-refractivity contribution is 6.30. The summed E-state index contributed by atoms with van der Waals surface area (Å²) in [5, 5.41) is 3.93. The second-order valence-corrected chi connectivity index (χ2v) is 5.48. The predicted molar refractivity (Wildman–Crippen MR) is 85.3 cm³/mol. The highest BCUT2D eigenvalue weighted by atomic mass is 35.5. The van der Waals surface area contributed by atoms with Crippen LogP contribution in [0.15, 0.2) is 36.4 Å². The third kappa shape index (κ3) is 3.14. The van der Waals surface area contributed by atoms with Gasteiger partial charge in [0.05, 0.1) is 13.2 Å². The Labute approximate surface area is 129 Å². The molecule has 0 saturated carbocycles. The van der Waals surface area contributed by atoms with E-state index in [1.54, 1.807) is 0 Å². The second-order valence-electron chi connectivity index (χ2n) is 5.04. The van der Waals surface area contributed by atoms with Crippen LogP contribution in [0.4, 0.5) is 0 Å². The van der Waals surface area contributed by atoms with Crippen LogP contribution in [-0.2, 0) is 6.54 Å². The van der Waals surface area contributed by atoms with Crippen LogP contribution in [0.2, 0.25) is 5.02 Å². The standard InChI is InChI=1S/C17H18ClNO2/c1-19-11-13-9-14(18)4-5-15(13)12-3-6-16-17(10-12)21-8-2-7-20-16/h3-6,9-10,19H,2,7-8,11H2,1H3. The van der Waals surface area contributed by atoms with Gasteiger partial charge < -0.3 is 14.8 Å². The van der Waals surface area contributed by atoms with E-state index in [1.807, 2.05) is 37.4 Å². The van der Waals surface area contributed by atoms with Crippen molar-refractivity contribution in [3.05, 3.63) is 47.0 Å². The highest BCUT2D eigenvalue weighted by Crippen LogP contribution is 2.35. The molecule has 2 aromatic carbocycles. The van der Waals surface area contributed by atoms with E-state index in [4.69, 9.17) is 21.1 Å². The van der Waals surface area contributed by atoms with Crippen LogP contribution in [0.1, 0.15) is 12.0 Å². The SMILES string of the molecule is CNCc1cc(Cl)ccc1-c1ccc2c(c1)OCCCO2. The normalized spacial score (nSPS) is 13.8. The number of hydrogen-bond donors (Lipinski definition) is 1. The third-order valence-electron chi connectivity index (χ3n) is 3.49. The van der Waals surface area contributed by atoms with Gasteiger partial charge in [-0.3, -0.25) is 0 Å². The first-order chi connectivity index (χ1) is 10.3. The van der Waals surface area contributed by atoms with Crippen LogP contribution >= 0.6 is 11.6 Å². The molecule has 0 unspecified atom stereocenters. The minimum absolute atomic E-state index is 0.695. The molecule has 0 spiro atoms. The Balaban J connectivity index is 2.02. The van der Waals surface area contributed by atoms with Crippen LogP contribution in [0.25, 0.3) is 11.1 Å². The van der Waals surface area contributed by atoms with E-state index in [0.29, 0.717) is 13.2 Å². The van der Waals surface area contributed by atoms with Crippen molar-refractivity contribution in [3.8, 4) is 22.6 Å². The summed E-state index contributed by atoms with van der Waals surface area (Å²) in [6.45, 7) is 2.17. The summed E-state index contributed by atoms with van der Waals surface area (Å²) < 4.78 is 11.4. The molecule has 0 aliphatic carbocycles. The molecular formula is C17H18ClNO2. The molecule has 0 amide bonds. The van der Waals surface area contributed by atoms with Gasteiger partial charge in [-0.2, -0.15) is 0 Å². The summed E-state index contributed by atoms with van der Waals surface area (Å²) in [7, 11) is 1.93. The molecule has 1 heterocycles. The van der Waals surface area contributed by atoms with E-state index in [2.05, 4.69) is 11.4 Å². The molecule has 3 rings (SSSR count). The van der Waals surface area contributed by atoms with Crippen molar-refractivity contribution in [2.24, 2.45) is 0 Å². The Kier molecular flexibility index (Phi) is 4.32. The number of rotatable bonds is 3. The largest absolute Gasteiger partial charge is 0.490 e. The van der Waals surface area contributed by atoms with Gasteiger partial charge in [-0.1, -0.05) is 23.7 Å². The van der Waals surface area contributed by atoms with Crippen LogP contribution < -0.4 is 14.8 Å².